The van der Waals surface area contributed by atoms with Gasteiger partial charge in [0.15, 0.2) is 0 Å². The van der Waals surface area contributed by atoms with Crippen LogP contribution in [0.3, 0.4) is 0 Å². The monoisotopic (exact) mass is 465 g/mol. The summed E-state index contributed by atoms with van der Waals surface area (Å²) in [5.74, 6) is -0.449. The second-order valence-electron chi connectivity index (χ2n) is 7.33. The van der Waals surface area contributed by atoms with Gasteiger partial charge < -0.3 is 5.32 Å². The number of para-hydroxylation sites is 1. The smallest absolute Gasteiger partial charge is 0.247 e. The molecule has 0 saturated carbocycles. The molecule has 4 aromatic rings. The van der Waals surface area contributed by atoms with E-state index in [1.54, 1.807) is 36.4 Å². The molecule has 3 aromatic carbocycles. The third-order valence-electron chi connectivity index (χ3n) is 5.10. The fourth-order valence-electron chi connectivity index (χ4n) is 3.48. The lowest BCUT2D eigenvalue weighted by Crippen LogP contribution is -2.37. The van der Waals surface area contributed by atoms with Crippen LogP contribution in [0.1, 0.15) is 29.1 Å². The summed E-state index contributed by atoms with van der Waals surface area (Å²) in [5.41, 5.74) is 2.94. The van der Waals surface area contributed by atoms with Gasteiger partial charge in [-0.05, 0) is 48.7 Å². The molecule has 0 bridgehead atoms. The van der Waals surface area contributed by atoms with Crippen molar-refractivity contribution < 1.29 is 13.2 Å². The highest BCUT2D eigenvalue weighted by molar-refractivity contribution is 7.89. The van der Waals surface area contributed by atoms with Gasteiger partial charge >= 0.3 is 0 Å². The molecule has 1 heterocycles. The van der Waals surface area contributed by atoms with E-state index in [1.165, 1.54) is 17.4 Å². The number of rotatable bonds is 7. The van der Waals surface area contributed by atoms with E-state index in [2.05, 4.69) is 15.0 Å². The van der Waals surface area contributed by atoms with E-state index in [0.717, 1.165) is 27.2 Å². The van der Waals surface area contributed by atoms with Crippen LogP contribution in [0, 0.1) is 6.92 Å². The molecule has 0 spiro atoms. The zero-order chi connectivity index (χ0) is 22.7. The first-order valence-corrected chi connectivity index (χ1v) is 12.5. The number of aromatic nitrogens is 1. The maximum Gasteiger partial charge on any atom is 0.247 e. The van der Waals surface area contributed by atoms with Gasteiger partial charge in [-0.3, -0.25) is 4.79 Å². The molecule has 2 N–H and O–H groups in total. The number of aryl methyl sites for hydroxylation is 2. The molecule has 4 rings (SSSR count). The molecule has 1 aromatic heterocycles. The third-order valence-corrected chi connectivity index (χ3v) is 7.46. The number of carbonyl (C=O) groups excluding carboxylic acids is 1. The fraction of sp³-hybridized carbons (Fsp3) is 0.167. The second-order valence-corrected chi connectivity index (χ2v) is 10.3. The van der Waals surface area contributed by atoms with E-state index < -0.39 is 22.0 Å². The van der Waals surface area contributed by atoms with Gasteiger partial charge in [-0.15, -0.1) is 11.3 Å². The number of fused-ring (bicyclic) bond motifs is 1. The molecule has 0 saturated heterocycles. The summed E-state index contributed by atoms with van der Waals surface area (Å²) < 4.78 is 29.9. The predicted octanol–water partition coefficient (Wildman–Crippen LogP) is 4.83. The Hall–Kier alpha value is -3.07. The molecule has 0 aliphatic carbocycles. The maximum atomic E-state index is 13.3. The zero-order valence-electron chi connectivity index (χ0n) is 17.7. The molecule has 1 atom stereocenters. The summed E-state index contributed by atoms with van der Waals surface area (Å²) in [6.45, 7) is 3.88. The molecule has 0 aliphatic rings. The Balaban J connectivity index is 1.67. The highest BCUT2D eigenvalue weighted by atomic mass is 32.2. The van der Waals surface area contributed by atoms with E-state index in [9.17, 15) is 13.2 Å². The first kappa shape index (κ1) is 22.1. The Morgan fingerprint density at radius 1 is 1.03 bits per heavy atom. The van der Waals surface area contributed by atoms with Gasteiger partial charge in [-0.25, -0.2) is 13.4 Å². The fourth-order valence-corrected chi connectivity index (χ4v) is 5.64. The van der Waals surface area contributed by atoms with Gasteiger partial charge in [-0.1, -0.05) is 55.5 Å². The predicted molar refractivity (Wildman–Crippen MR) is 128 cm³/mol. The molecule has 6 nitrogen and oxygen atoms in total. The summed E-state index contributed by atoms with van der Waals surface area (Å²) in [6.07, 6.45) is 0.743. The minimum Gasteiger partial charge on any atom is -0.324 e. The van der Waals surface area contributed by atoms with Crippen molar-refractivity contribution in [2.75, 3.05) is 5.32 Å². The Labute approximate surface area is 191 Å². The molecule has 8 heteroatoms. The van der Waals surface area contributed by atoms with E-state index in [1.807, 2.05) is 44.2 Å². The van der Waals surface area contributed by atoms with Crippen molar-refractivity contribution in [2.24, 2.45) is 0 Å². The molecule has 0 fully saturated rings. The maximum absolute atomic E-state index is 13.3. The van der Waals surface area contributed by atoms with Crippen molar-refractivity contribution in [3.63, 3.8) is 0 Å². The lowest BCUT2D eigenvalue weighted by Gasteiger charge is -2.20. The summed E-state index contributed by atoms with van der Waals surface area (Å²) in [4.78, 5) is 17.7. The Morgan fingerprint density at radius 2 is 1.75 bits per heavy atom. The van der Waals surface area contributed by atoms with E-state index >= 15 is 0 Å². The van der Waals surface area contributed by atoms with Crippen LogP contribution in [0.5, 0.6) is 0 Å². The number of thiazole rings is 1. The number of hydrogen-bond donors (Lipinski definition) is 2. The number of nitrogens with one attached hydrogen (secondary N) is 2. The van der Waals surface area contributed by atoms with Gasteiger partial charge in [0.1, 0.15) is 6.04 Å². The van der Waals surface area contributed by atoms with Gasteiger partial charge in [0.2, 0.25) is 15.9 Å². The Bertz CT molecular complexity index is 1370. The number of amides is 1. The largest absolute Gasteiger partial charge is 0.324 e. The summed E-state index contributed by atoms with van der Waals surface area (Å²) >= 11 is 1.43. The topological polar surface area (TPSA) is 88.2 Å². The van der Waals surface area contributed by atoms with Crippen LogP contribution in [0.25, 0.3) is 10.2 Å². The molecule has 32 heavy (non-hydrogen) atoms. The van der Waals surface area contributed by atoms with Crippen LogP contribution >= 0.6 is 11.3 Å². The normalized spacial score (nSPS) is 12.6. The minimum atomic E-state index is -3.97. The molecule has 1 amide bonds. The lowest BCUT2D eigenvalue weighted by atomic mass is 10.1. The quantitative estimate of drug-likeness (QED) is 0.409. The molecule has 0 aliphatic heterocycles. The molecule has 164 valence electrons. The van der Waals surface area contributed by atoms with Crippen LogP contribution in [0.4, 0.5) is 5.69 Å². The molecular weight excluding hydrogens is 442 g/mol. The van der Waals surface area contributed by atoms with E-state index in [0.29, 0.717) is 11.3 Å². The van der Waals surface area contributed by atoms with Gasteiger partial charge in [0.25, 0.3) is 0 Å². The first-order chi connectivity index (χ1) is 15.4. The van der Waals surface area contributed by atoms with E-state index in [-0.39, 0.29) is 4.90 Å². The summed E-state index contributed by atoms with van der Waals surface area (Å²) in [5, 5.41) is 3.75. The van der Waals surface area contributed by atoms with Gasteiger partial charge in [0, 0.05) is 5.69 Å². The number of carbonyl (C=O) groups is 1. The molecular formula is C24H23N3O3S2. The average Bonchev–Trinajstić information content (AvgIpc) is 3.17. The number of hydrogen-bond acceptors (Lipinski definition) is 5. The van der Waals surface area contributed by atoms with E-state index in [4.69, 9.17) is 0 Å². The minimum absolute atomic E-state index is 0.0938. The van der Waals surface area contributed by atoms with Crippen molar-refractivity contribution in [2.45, 2.75) is 31.2 Å². The summed E-state index contributed by atoms with van der Waals surface area (Å²) in [7, 11) is -3.97. The van der Waals surface area contributed by atoms with Gasteiger partial charge in [-0.2, -0.15) is 4.72 Å². The number of nitrogens with zero attached hydrogens (tertiary/aromatic N) is 1. The third kappa shape index (κ3) is 4.72. The van der Waals surface area contributed by atoms with Crippen molar-refractivity contribution in [3.05, 3.63) is 88.9 Å². The van der Waals surface area contributed by atoms with Crippen LogP contribution in [-0.2, 0) is 21.2 Å². The molecule has 0 unspecified atom stereocenters. The zero-order valence-corrected chi connectivity index (χ0v) is 19.3. The van der Waals surface area contributed by atoms with Crippen molar-refractivity contribution in [3.8, 4) is 0 Å². The number of anilines is 1. The van der Waals surface area contributed by atoms with Crippen molar-refractivity contribution >= 4 is 43.2 Å². The van der Waals surface area contributed by atoms with Crippen LogP contribution < -0.4 is 10.0 Å². The standard InChI is InChI=1S/C24H23N3O3S2/c1-3-17-9-7-8-12-20(17)26-24(28)23(18-10-5-4-6-11-18)27-32(29,30)19-13-14-21-22(15-19)31-16(2)25-21/h4-15,23,27H,3H2,1-2H3,(H,26,28)/t23-/m1/s1. The SMILES string of the molecule is CCc1ccccc1NC(=O)[C@H](NS(=O)(=O)c1ccc2nc(C)sc2c1)c1ccccc1. The summed E-state index contributed by atoms with van der Waals surface area (Å²) in [6, 6.07) is 20.0. The Morgan fingerprint density at radius 3 is 2.50 bits per heavy atom. The van der Waals surface area contributed by atoms with Crippen molar-refractivity contribution in [1.82, 2.24) is 9.71 Å². The molecule has 0 radical (unpaired) electrons. The Kier molecular flexibility index (Phi) is 6.36. The average molecular weight is 466 g/mol. The highest BCUT2D eigenvalue weighted by Crippen LogP contribution is 2.26. The first-order valence-electron chi connectivity index (χ1n) is 10.2. The highest BCUT2D eigenvalue weighted by Gasteiger charge is 2.28. The lowest BCUT2D eigenvalue weighted by molar-refractivity contribution is -0.117. The van der Waals surface area contributed by atoms with Crippen LogP contribution in [-0.4, -0.2) is 19.3 Å². The van der Waals surface area contributed by atoms with Crippen LogP contribution in [0.2, 0.25) is 0 Å². The van der Waals surface area contributed by atoms with Crippen LogP contribution in [0.15, 0.2) is 77.7 Å². The number of benzene rings is 3. The number of sulfonamides is 1. The second kappa shape index (κ2) is 9.20. The van der Waals surface area contributed by atoms with Gasteiger partial charge in [0.05, 0.1) is 20.1 Å². The van der Waals surface area contributed by atoms with Crippen molar-refractivity contribution in [1.29, 1.82) is 0 Å².